The van der Waals surface area contributed by atoms with Gasteiger partial charge in [-0.2, -0.15) is 0 Å². The predicted molar refractivity (Wildman–Crippen MR) is 121 cm³/mol. The Labute approximate surface area is 180 Å². The van der Waals surface area contributed by atoms with Gasteiger partial charge in [0.15, 0.2) is 0 Å². The maximum atomic E-state index is 13.2. The van der Waals surface area contributed by atoms with Crippen molar-refractivity contribution in [1.82, 2.24) is 4.57 Å². The highest BCUT2D eigenvalue weighted by Crippen LogP contribution is 2.30. The van der Waals surface area contributed by atoms with E-state index < -0.39 is 11.7 Å². The highest BCUT2D eigenvalue weighted by atomic mass is 35.5. The first-order chi connectivity index (χ1) is 14.5. The molecule has 0 radical (unpaired) electrons. The molecule has 0 bridgehead atoms. The van der Waals surface area contributed by atoms with Crippen molar-refractivity contribution in [2.24, 2.45) is 0 Å². The second kappa shape index (κ2) is 8.17. The van der Waals surface area contributed by atoms with Crippen LogP contribution in [0.5, 0.6) is 0 Å². The number of halogens is 1. The third kappa shape index (κ3) is 3.74. The number of nitrogens with zero attached hydrogens (tertiary/aromatic N) is 1. The molecule has 0 spiro atoms. The summed E-state index contributed by atoms with van der Waals surface area (Å²) in [6.07, 6.45) is 0. The van der Waals surface area contributed by atoms with Crippen LogP contribution in [0.3, 0.4) is 0 Å². The minimum absolute atomic E-state index is 0.425. The van der Waals surface area contributed by atoms with Gasteiger partial charge in [0.2, 0.25) is 0 Å². The van der Waals surface area contributed by atoms with E-state index in [4.69, 9.17) is 11.6 Å². The number of rotatable bonds is 5. The van der Waals surface area contributed by atoms with E-state index >= 15 is 0 Å². The van der Waals surface area contributed by atoms with Gasteiger partial charge in [-0.3, -0.25) is 9.59 Å². The standard InChI is InChI=1S/C25H21ClN2O2/c1-16-12-13-22-20(14-16)23(24(29)25(30)27-19-9-4-3-5-10-19)17(2)28(22)15-18-8-6-7-11-21(18)26/h3-14H,15H2,1-2H3,(H,27,30). The highest BCUT2D eigenvalue weighted by molar-refractivity contribution is 6.48. The number of fused-ring (bicyclic) bond motifs is 1. The number of hydrogen-bond donors (Lipinski definition) is 1. The molecule has 5 heteroatoms. The monoisotopic (exact) mass is 416 g/mol. The van der Waals surface area contributed by atoms with Crippen molar-refractivity contribution < 1.29 is 9.59 Å². The van der Waals surface area contributed by atoms with E-state index in [0.29, 0.717) is 22.8 Å². The lowest BCUT2D eigenvalue weighted by atomic mass is 10.0. The van der Waals surface area contributed by atoms with Crippen LogP contribution in [0.25, 0.3) is 10.9 Å². The Bertz CT molecular complexity index is 1260. The molecule has 4 rings (SSSR count). The Morgan fingerprint density at radius 2 is 1.63 bits per heavy atom. The molecule has 0 saturated carbocycles. The normalized spacial score (nSPS) is 10.9. The fourth-order valence-corrected chi connectivity index (χ4v) is 3.90. The maximum Gasteiger partial charge on any atom is 0.296 e. The zero-order valence-electron chi connectivity index (χ0n) is 16.8. The average Bonchev–Trinajstić information content (AvgIpc) is 3.00. The molecule has 1 heterocycles. The van der Waals surface area contributed by atoms with E-state index in [1.54, 1.807) is 12.1 Å². The molecule has 4 nitrogen and oxygen atoms in total. The summed E-state index contributed by atoms with van der Waals surface area (Å²) < 4.78 is 2.04. The first-order valence-electron chi connectivity index (χ1n) is 9.69. The van der Waals surface area contributed by atoms with Crippen LogP contribution in [-0.4, -0.2) is 16.3 Å². The summed E-state index contributed by atoms with van der Waals surface area (Å²) in [4.78, 5) is 25.9. The van der Waals surface area contributed by atoms with Crippen molar-refractivity contribution in [1.29, 1.82) is 0 Å². The number of aromatic nitrogens is 1. The lowest BCUT2D eigenvalue weighted by Crippen LogP contribution is -2.23. The number of anilines is 1. The molecule has 4 aromatic rings. The van der Waals surface area contributed by atoms with Crippen LogP contribution in [0.1, 0.15) is 27.2 Å². The molecule has 0 aliphatic rings. The van der Waals surface area contributed by atoms with Gasteiger partial charge in [0.05, 0.1) is 5.56 Å². The van der Waals surface area contributed by atoms with Crippen molar-refractivity contribution in [2.45, 2.75) is 20.4 Å². The molecule has 150 valence electrons. The predicted octanol–water partition coefficient (Wildman–Crippen LogP) is 5.78. The number of aryl methyl sites for hydroxylation is 1. The third-order valence-corrected chi connectivity index (χ3v) is 5.60. The molecule has 0 aliphatic carbocycles. The van der Waals surface area contributed by atoms with E-state index in [2.05, 4.69) is 5.32 Å². The summed E-state index contributed by atoms with van der Waals surface area (Å²) in [7, 11) is 0. The molecule has 0 unspecified atom stereocenters. The van der Waals surface area contributed by atoms with E-state index in [1.165, 1.54) is 0 Å². The van der Waals surface area contributed by atoms with Crippen LogP contribution in [0.2, 0.25) is 5.02 Å². The van der Waals surface area contributed by atoms with E-state index in [9.17, 15) is 9.59 Å². The van der Waals surface area contributed by atoms with Crippen LogP contribution in [0.15, 0.2) is 72.8 Å². The maximum absolute atomic E-state index is 13.2. The van der Waals surface area contributed by atoms with Gasteiger partial charge in [-0.25, -0.2) is 0 Å². The van der Waals surface area contributed by atoms with Crippen molar-refractivity contribution in [3.63, 3.8) is 0 Å². The first-order valence-corrected chi connectivity index (χ1v) is 10.1. The largest absolute Gasteiger partial charge is 0.340 e. The van der Waals surface area contributed by atoms with Gasteiger partial charge >= 0.3 is 0 Å². The fourth-order valence-electron chi connectivity index (χ4n) is 3.71. The molecule has 0 fully saturated rings. The average molecular weight is 417 g/mol. The third-order valence-electron chi connectivity index (χ3n) is 5.23. The zero-order chi connectivity index (χ0) is 21.3. The summed E-state index contributed by atoms with van der Waals surface area (Å²) in [5.74, 6) is -1.20. The van der Waals surface area contributed by atoms with Gasteiger partial charge in [-0.1, -0.05) is 59.6 Å². The van der Waals surface area contributed by atoms with E-state index in [-0.39, 0.29) is 0 Å². The molecular weight excluding hydrogens is 396 g/mol. The summed E-state index contributed by atoms with van der Waals surface area (Å²) in [5.41, 5.74) is 4.62. The van der Waals surface area contributed by atoms with Crippen LogP contribution in [0, 0.1) is 13.8 Å². The fraction of sp³-hybridized carbons (Fsp3) is 0.120. The van der Waals surface area contributed by atoms with Crippen LogP contribution >= 0.6 is 11.6 Å². The molecule has 1 N–H and O–H groups in total. The second-order valence-corrected chi connectivity index (χ2v) is 7.72. The number of Topliss-reactive ketones (excluding diaryl/α,β-unsaturated/α-hetero) is 1. The van der Waals surface area contributed by atoms with Gasteiger partial charge in [0.25, 0.3) is 11.7 Å². The molecule has 0 aliphatic heterocycles. The Morgan fingerprint density at radius 3 is 2.37 bits per heavy atom. The number of amides is 1. The lowest BCUT2D eigenvalue weighted by molar-refractivity contribution is -0.112. The van der Waals surface area contributed by atoms with Gasteiger partial charge in [-0.15, -0.1) is 0 Å². The Balaban J connectivity index is 1.79. The molecule has 3 aromatic carbocycles. The summed E-state index contributed by atoms with van der Waals surface area (Å²) in [6, 6.07) is 22.6. The number of ketones is 1. The lowest BCUT2D eigenvalue weighted by Gasteiger charge is -2.10. The quantitative estimate of drug-likeness (QED) is 0.331. The van der Waals surface area contributed by atoms with Crippen molar-refractivity contribution in [3.8, 4) is 0 Å². The van der Waals surface area contributed by atoms with Gasteiger partial charge in [0, 0.05) is 33.9 Å². The number of para-hydroxylation sites is 1. The molecule has 1 amide bonds. The van der Waals surface area contributed by atoms with Gasteiger partial charge in [0.1, 0.15) is 0 Å². The zero-order valence-corrected chi connectivity index (χ0v) is 17.5. The Kier molecular flexibility index (Phi) is 5.42. The number of carbonyl (C=O) groups excluding carboxylic acids is 2. The molecule has 0 atom stereocenters. The summed E-state index contributed by atoms with van der Waals surface area (Å²) >= 11 is 6.37. The van der Waals surface area contributed by atoms with Crippen LogP contribution in [0.4, 0.5) is 5.69 Å². The van der Waals surface area contributed by atoms with Crippen LogP contribution < -0.4 is 5.32 Å². The molecular formula is C25H21ClN2O2. The summed E-state index contributed by atoms with van der Waals surface area (Å²) in [6.45, 7) is 4.35. The number of nitrogens with one attached hydrogen (secondary N) is 1. The van der Waals surface area contributed by atoms with E-state index in [0.717, 1.165) is 27.7 Å². The van der Waals surface area contributed by atoms with Crippen molar-refractivity contribution >= 4 is 39.9 Å². The Hall–Kier alpha value is -3.37. The minimum Gasteiger partial charge on any atom is -0.340 e. The van der Waals surface area contributed by atoms with E-state index in [1.807, 2.05) is 79.1 Å². The molecule has 1 aromatic heterocycles. The number of hydrogen-bond acceptors (Lipinski definition) is 2. The highest BCUT2D eigenvalue weighted by Gasteiger charge is 2.25. The smallest absolute Gasteiger partial charge is 0.296 e. The topological polar surface area (TPSA) is 51.1 Å². The number of carbonyl (C=O) groups is 2. The van der Waals surface area contributed by atoms with Crippen LogP contribution in [-0.2, 0) is 11.3 Å². The minimum atomic E-state index is -0.650. The summed E-state index contributed by atoms with van der Waals surface area (Å²) in [5, 5.41) is 4.13. The SMILES string of the molecule is Cc1ccc2c(c1)c(C(=O)C(=O)Nc1ccccc1)c(C)n2Cc1ccccc1Cl. The molecule has 30 heavy (non-hydrogen) atoms. The van der Waals surface area contributed by atoms with Gasteiger partial charge < -0.3 is 9.88 Å². The Morgan fingerprint density at radius 1 is 0.933 bits per heavy atom. The van der Waals surface area contributed by atoms with Crippen molar-refractivity contribution in [3.05, 3.63) is 100 Å². The second-order valence-electron chi connectivity index (χ2n) is 7.31. The molecule has 0 saturated heterocycles. The first kappa shape index (κ1) is 19.9. The van der Waals surface area contributed by atoms with Gasteiger partial charge in [-0.05, 0) is 49.7 Å². The van der Waals surface area contributed by atoms with Crippen molar-refractivity contribution in [2.75, 3.05) is 5.32 Å². The number of benzene rings is 3.